The first-order chi connectivity index (χ1) is 12.3. The molecule has 3 nitrogen and oxygen atoms in total. The Morgan fingerprint density at radius 3 is 2.35 bits per heavy atom. The summed E-state index contributed by atoms with van der Waals surface area (Å²) in [5, 5.41) is 3.31. The van der Waals surface area contributed by atoms with E-state index in [1.807, 2.05) is 0 Å². The lowest BCUT2D eigenvalue weighted by molar-refractivity contribution is -0.170. The van der Waals surface area contributed by atoms with Gasteiger partial charge in [0.1, 0.15) is 0 Å². The maximum Gasteiger partial charge on any atom is 0.471 e. The number of halogens is 5. The van der Waals surface area contributed by atoms with E-state index >= 15 is 0 Å². The molecule has 0 saturated carbocycles. The van der Waals surface area contributed by atoms with Crippen LogP contribution in [0.15, 0.2) is 45.3 Å². The van der Waals surface area contributed by atoms with Crippen LogP contribution in [-0.4, -0.2) is 25.2 Å². The summed E-state index contributed by atoms with van der Waals surface area (Å²) < 4.78 is 38.8. The fourth-order valence-electron chi connectivity index (χ4n) is 3.01. The largest absolute Gasteiger partial charge is 0.471 e. The first-order valence-electron chi connectivity index (χ1n) is 7.95. The summed E-state index contributed by atoms with van der Waals surface area (Å²) in [5.41, 5.74) is 3.83. The first kappa shape index (κ1) is 19.2. The number of nitrogens with one attached hydrogen (secondary N) is 1. The van der Waals surface area contributed by atoms with Gasteiger partial charge in [-0.2, -0.15) is 13.2 Å². The minimum absolute atomic E-state index is 0.0874. The monoisotopic (exact) mass is 490 g/mol. The summed E-state index contributed by atoms with van der Waals surface area (Å²) in [6, 6.07) is 11.2. The average molecular weight is 492 g/mol. The number of amides is 1. The van der Waals surface area contributed by atoms with Gasteiger partial charge < -0.3 is 10.2 Å². The molecule has 2 aliphatic heterocycles. The number of rotatable bonds is 0. The summed E-state index contributed by atoms with van der Waals surface area (Å²) in [6.45, 7) is 1.18. The lowest BCUT2D eigenvalue weighted by Crippen LogP contribution is -2.40. The van der Waals surface area contributed by atoms with Crippen LogP contribution in [0, 0.1) is 0 Å². The van der Waals surface area contributed by atoms with E-state index in [0.29, 0.717) is 12.1 Å². The average Bonchev–Trinajstić information content (AvgIpc) is 3.19. The summed E-state index contributed by atoms with van der Waals surface area (Å²) >= 11 is 6.67. The number of fused-ring (bicyclic) bond motifs is 2. The van der Waals surface area contributed by atoms with E-state index in [1.165, 1.54) is 21.8 Å². The summed E-state index contributed by atoms with van der Waals surface area (Å²) in [4.78, 5) is 11.9. The van der Waals surface area contributed by atoms with Gasteiger partial charge in [-0.1, -0.05) is 31.9 Å². The number of carbonyl (C=O) groups is 1. The van der Waals surface area contributed by atoms with E-state index in [-0.39, 0.29) is 6.54 Å². The lowest BCUT2D eigenvalue weighted by atomic mass is 10.2. The van der Waals surface area contributed by atoms with Crippen LogP contribution in [0.25, 0.3) is 0 Å². The van der Waals surface area contributed by atoms with E-state index < -0.39 is 12.1 Å². The van der Waals surface area contributed by atoms with Gasteiger partial charge in [-0.05, 0) is 60.4 Å². The molecule has 0 aromatic heterocycles. The maximum atomic E-state index is 12.3. The molecule has 2 aromatic carbocycles. The molecule has 1 amide bonds. The Labute approximate surface area is 165 Å². The summed E-state index contributed by atoms with van der Waals surface area (Å²) in [6.07, 6.45) is -3.19. The summed E-state index contributed by atoms with van der Waals surface area (Å²) in [5.74, 6) is -1.80. The van der Waals surface area contributed by atoms with Crippen molar-refractivity contribution < 1.29 is 18.0 Å². The summed E-state index contributed by atoms with van der Waals surface area (Å²) in [7, 11) is 0. The molecule has 138 valence electrons. The van der Waals surface area contributed by atoms with Crippen molar-refractivity contribution in [1.82, 2.24) is 0 Å². The van der Waals surface area contributed by atoms with Crippen LogP contribution in [0.4, 0.5) is 24.5 Å². The van der Waals surface area contributed by atoms with Gasteiger partial charge in [0, 0.05) is 33.4 Å². The third kappa shape index (κ3) is 4.23. The highest BCUT2D eigenvalue weighted by atomic mass is 79.9. The molecular weight excluding hydrogens is 477 g/mol. The van der Waals surface area contributed by atoms with Crippen LogP contribution in [0.2, 0.25) is 0 Å². The highest BCUT2D eigenvalue weighted by molar-refractivity contribution is 9.10. The van der Waals surface area contributed by atoms with E-state index in [1.54, 1.807) is 12.1 Å². The molecule has 0 saturated heterocycles. The Balaban J connectivity index is 0.000000167. The molecule has 0 unspecified atom stereocenters. The Kier molecular flexibility index (Phi) is 5.62. The van der Waals surface area contributed by atoms with Gasteiger partial charge in [0.15, 0.2) is 0 Å². The van der Waals surface area contributed by atoms with Crippen LogP contribution in [0.3, 0.4) is 0 Å². The number of alkyl halides is 3. The highest BCUT2D eigenvalue weighted by Crippen LogP contribution is 2.33. The molecule has 0 spiro atoms. The predicted molar refractivity (Wildman–Crippen MR) is 103 cm³/mol. The van der Waals surface area contributed by atoms with Gasteiger partial charge in [-0.15, -0.1) is 0 Å². The normalized spacial score (nSPS) is 14.9. The second kappa shape index (κ2) is 7.60. The standard InChI is InChI=1S/C10H7BrF3NO.C8H8BrN/c11-7-1-2-8-6(5-7)3-4-15(8)9(16)10(12,13)14;9-7-1-2-8-6(5-7)3-4-10-8/h1-2,5H,3-4H2;1-2,5,10H,3-4H2. The molecule has 2 heterocycles. The smallest absolute Gasteiger partial charge is 0.384 e. The van der Waals surface area contributed by atoms with E-state index in [2.05, 4.69) is 55.4 Å². The van der Waals surface area contributed by atoms with Crippen LogP contribution in [0.1, 0.15) is 11.1 Å². The second-order valence-corrected chi connectivity index (χ2v) is 7.79. The van der Waals surface area contributed by atoms with Crippen LogP contribution in [-0.2, 0) is 17.6 Å². The minimum Gasteiger partial charge on any atom is -0.384 e. The van der Waals surface area contributed by atoms with Crippen molar-refractivity contribution in [3.8, 4) is 0 Å². The molecule has 0 atom stereocenters. The second-order valence-electron chi connectivity index (χ2n) is 5.96. The SMILES string of the molecule is Brc1ccc2c(c1)CCN2.O=C(N1CCc2cc(Br)ccc21)C(F)(F)F. The lowest BCUT2D eigenvalue weighted by Gasteiger charge is -2.18. The van der Waals surface area contributed by atoms with Gasteiger partial charge in [-0.25, -0.2) is 0 Å². The zero-order valence-corrected chi connectivity index (χ0v) is 16.7. The van der Waals surface area contributed by atoms with Crippen LogP contribution < -0.4 is 10.2 Å². The molecular formula is C18H15Br2F3N2O. The quantitative estimate of drug-likeness (QED) is 0.541. The topological polar surface area (TPSA) is 32.3 Å². The number of benzene rings is 2. The van der Waals surface area contributed by atoms with Crippen molar-refractivity contribution >= 4 is 49.1 Å². The highest BCUT2D eigenvalue weighted by Gasteiger charge is 2.44. The molecule has 8 heteroatoms. The number of carbonyl (C=O) groups excluding carboxylic acids is 1. The van der Waals surface area contributed by atoms with Gasteiger partial charge in [0.25, 0.3) is 0 Å². The van der Waals surface area contributed by atoms with Crippen molar-refractivity contribution in [2.45, 2.75) is 19.0 Å². The van der Waals surface area contributed by atoms with E-state index in [4.69, 9.17) is 0 Å². The fraction of sp³-hybridized carbons (Fsp3) is 0.278. The predicted octanol–water partition coefficient (Wildman–Crippen LogP) is 5.32. The molecule has 0 aliphatic carbocycles. The number of hydrogen-bond acceptors (Lipinski definition) is 2. The first-order valence-corrected chi connectivity index (χ1v) is 9.54. The van der Waals surface area contributed by atoms with Crippen molar-refractivity contribution in [3.63, 3.8) is 0 Å². The van der Waals surface area contributed by atoms with Gasteiger partial charge >= 0.3 is 12.1 Å². The van der Waals surface area contributed by atoms with Gasteiger partial charge in [-0.3, -0.25) is 4.79 Å². The molecule has 26 heavy (non-hydrogen) atoms. The molecule has 4 rings (SSSR count). The zero-order chi connectivity index (χ0) is 18.9. The number of anilines is 2. The maximum absolute atomic E-state index is 12.3. The Morgan fingerprint density at radius 2 is 1.65 bits per heavy atom. The Morgan fingerprint density at radius 1 is 1.00 bits per heavy atom. The Bertz CT molecular complexity index is 840. The molecule has 0 fully saturated rings. The molecule has 2 aliphatic rings. The van der Waals surface area contributed by atoms with Gasteiger partial charge in [0.2, 0.25) is 0 Å². The molecule has 2 aromatic rings. The van der Waals surface area contributed by atoms with Crippen molar-refractivity contribution in [1.29, 1.82) is 0 Å². The zero-order valence-electron chi connectivity index (χ0n) is 13.5. The number of hydrogen-bond donors (Lipinski definition) is 1. The van der Waals surface area contributed by atoms with Crippen LogP contribution in [0.5, 0.6) is 0 Å². The third-order valence-electron chi connectivity index (χ3n) is 4.20. The molecule has 0 radical (unpaired) electrons. The molecule has 1 N–H and O–H groups in total. The fourth-order valence-corrected chi connectivity index (χ4v) is 3.82. The van der Waals surface area contributed by atoms with Gasteiger partial charge in [0.05, 0.1) is 0 Å². The van der Waals surface area contributed by atoms with E-state index in [9.17, 15) is 18.0 Å². The van der Waals surface area contributed by atoms with Crippen LogP contribution >= 0.6 is 31.9 Å². The van der Waals surface area contributed by atoms with Crippen molar-refractivity contribution in [2.24, 2.45) is 0 Å². The van der Waals surface area contributed by atoms with Crippen molar-refractivity contribution in [3.05, 3.63) is 56.5 Å². The molecule has 0 bridgehead atoms. The van der Waals surface area contributed by atoms with Crippen molar-refractivity contribution in [2.75, 3.05) is 23.3 Å². The minimum atomic E-state index is -4.81. The van der Waals surface area contributed by atoms with E-state index in [0.717, 1.165) is 27.9 Å². The Hall–Kier alpha value is -1.54. The third-order valence-corrected chi connectivity index (χ3v) is 5.19. The number of nitrogens with zero attached hydrogens (tertiary/aromatic N) is 1.